The predicted octanol–water partition coefficient (Wildman–Crippen LogP) is 3.44. The first kappa shape index (κ1) is 14.6. The maximum atomic E-state index is 12.4. The highest BCUT2D eigenvalue weighted by Crippen LogP contribution is 2.49. The van der Waals surface area contributed by atoms with Crippen molar-refractivity contribution in [1.29, 1.82) is 0 Å². The summed E-state index contributed by atoms with van der Waals surface area (Å²) in [5.74, 6) is 0. The van der Waals surface area contributed by atoms with Crippen molar-refractivity contribution in [3.63, 3.8) is 0 Å². The zero-order valence-electron chi connectivity index (χ0n) is 9.84. The molecule has 1 aliphatic rings. The van der Waals surface area contributed by atoms with E-state index in [0.717, 1.165) is 21.6 Å². The number of hydrogen-bond donors (Lipinski definition) is 1. The summed E-state index contributed by atoms with van der Waals surface area (Å²) < 4.78 is 37.2. The molecule has 0 bridgehead atoms. The summed E-state index contributed by atoms with van der Waals surface area (Å²) in [6, 6.07) is 3.22. The van der Waals surface area contributed by atoms with Gasteiger partial charge in [0.05, 0.1) is 0 Å². The van der Waals surface area contributed by atoms with Crippen molar-refractivity contribution in [2.75, 3.05) is 6.61 Å². The number of alkyl halides is 3. The van der Waals surface area contributed by atoms with Crippen LogP contribution < -0.4 is 0 Å². The van der Waals surface area contributed by atoms with E-state index < -0.39 is 11.9 Å². The standard InChI is InChI=1S/C12H11ClF3NOSi/c13-10-8(2-1-5-11(6-18)7-19-11)3-4-9(17-10)12(14,15)16/h1-4,18H,5-7H2/b2-1+/t11-/m0/s1. The third-order valence-electron chi connectivity index (χ3n) is 2.95. The number of aliphatic hydroxyl groups excluding tert-OH is 1. The minimum atomic E-state index is -4.48. The van der Waals surface area contributed by atoms with Gasteiger partial charge in [0.2, 0.25) is 0 Å². The molecule has 0 aromatic carbocycles. The van der Waals surface area contributed by atoms with Crippen LogP contribution in [-0.4, -0.2) is 26.2 Å². The summed E-state index contributed by atoms with van der Waals surface area (Å²) in [5.41, 5.74) is -0.545. The lowest BCUT2D eigenvalue weighted by Gasteiger charge is -2.08. The smallest absolute Gasteiger partial charge is 0.396 e. The molecule has 0 unspecified atom stereocenters. The van der Waals surface area contributed by atoms with Crippen LogP contribution in [0.3, 0.4) is 0 Å². The second kappa shape index (κ2) is 5.26. The molecule has 0 aliphatic carbocycles. The molecule has 1 fully saturated rings. The Kier molecular flexibility index (Phi) is 4.03. The number of aromatic nitrogens is 1. The van der Waals surface area contributed by atoms with Crippen molar-refractivity contribution < 1.29 is 18.3 Å². The molecule has 102 valence electrons. The van der Waals surface area contributed by atoms with Crippen molar-refractivity contribution in [2.45, 2.75) is 23.7 Å². The first-order chi connectivity index (χ1) is 8.86. The van der Waals surface area contributed by atoms with Crippen LogP contribution in [0.2, 0.25) is 16.2 Å². The fourth-order valence-corrected chi connectivity index (χ4v) is 2.68. The molecule has 7 heteroatoms. The van der Waals surface area contributed by atoms with Crippen molar-refractivity contribution in [3.05, 3.63) is 34.6 Å². The van der Waals surface area contributed by atoms with Gasteiger partial charge in [0.1, 0.15) is 10.8 Å². The molecule has 0 amide bonds. The summed E-state index contributed by atoms with van der Waals surface area (Å²) in [6.07, 6.45) is -0.302. The quantitative estimate of drug-likeness (QED) is 0.683. The maximum Gasteiger partial charge on any atom is 0.433 e. The Balaban J connectivity index is 2.07. The summed E-state index contributed by atoms with van der Waals surface area (Å²) in [6.45, 7) is 0.148. The Bertz CT molecular complexity index is 500. The topological polar surface area (TPSA) is 33.1 Å². The molecule has 1 aromatic rings. The third kappa shape index (κ3) is 3.58. The van der Waals surface area contributed by atoms with Crippen LogP contribution in [-0.2, 0) is 6.18 Å². The van der Waals surface area contributed by atoms with E-state index in [0.29, 0.717) is 12.0 Å². The summed E-state index contributed by atoms with van der Waals surface area (Å²) in [5, 5.41) is 8.98. The van der Waals surface area contributed by atoms with Gasteiger partial charge in [-0.1, -0.05) is 29.8 Å². The van der Waals surface area contributed by atoms with Crippen molar-refractivity contribution >= 4 is 27.2 Å². The zero-order valence-corrected chi connectivity index (χ0v) is 11.6. The number of nitrogens with zero attached hydrogens (tertiary/aromatic N) is 1. The molecule has 1 saturated heterocycles. The zero-order chi connectivity index (χ0) is 14.1. The predicted molar refractivity (Wildman–Crippen MR) is 68.2 cm³/mol. The lowest BCUT2D eigenvalue weighted by atomic mass is 10.1. The van der Waals surface area contributed by atoms with E-state index in [-0.39, 0.29) is 16.8 Å². The van der Waals surface area contributed by atoms with Crippen LogP contribution in [0.25, 0.3) is 6.08 Å². The van der Waals surface area contributed by atoms with Crippen LogP contribution in [0, 0.1) is 0 Å². The van der Waals surface area contributed by atoms with E-state index in [1.54, 1.807) is 6.08 Å². The number of halogens is 4. The van der Waals surface area contributed by atoms with Gasteiger partial charge in [-0.2, -0.15) is 13.2 Å². The largest absolute Gasteiger partial charge is 0.433 e. The molecule has 1 N–H and O–H groups in total. The highest BCUT2D eigenvalue weighted by molar-refractivity contribution is 6.54. The van der Waals surface area contributed by atoms with Crippen molar-refractivity contribution in [2.24, 2.45) is 0 Å². The van der Waals surface area contributed by atoms with Gasteiger partial charge < -0.3 is 5.11 Å². The fourth-order valence-electron chi connectivity index (χ4n) is 1.58. The van der Waals surface area contributed by atoms with E-state index in [2.05, 4.69) is 4.98 Å². The Hall–Kier alpha value is -0.853. The van der Waals surface area contributed by atoms with Crippen molar-refractivity contribution in [1.82, 2.24) is 4.98 Å². The normalized spacial score (nSPS) is 23.0. The van der Waals surface area contributed by atoms with Crippen LogP contribution >= 0.6 is 11.6 Å². The number of allylic oxidation sites excluding steroid dienone is 1. The SMILES string of the molecule is OC[C@@]1(C/C=C/c2ccc(C(F)(F)F)nc2Cl)C[Si]1. The maximum absolute atomic E-state index is 12.4. The Morgan fingerprint density at radius 2 is 2.16 bits per heavy atom. The van der Waals surface area contributed by atoms with Crippen molar-refractivity contribution in [3.8, 4) is 0 Å². The molecule has 0 saturated carbocycles. The number of rotatable bonds is 4. The van der Waals surface area contributed by atoms with Gasteiger partial charge in [-0.15, -0.1) is 0 Å². The molecular formula is C12H11ClF3NOSi. The van der Waals surface area contributed by atoms with Gasteiger partial charge in [-0.05, 0) is 23.6 Å². The van der Waals surface area contributed by atoms with Gasteiger partial charge in [-0.25, -0.2) is 4.98 Å². The molecule has 2 heterocycles. The monoisotopic (exact) mass is 305 g/mol. The molecular weight excluding hydrogens is 295 g/mol. The summed E-state index contributed by atoms with van der Waals surface area (Å²) in [7, 11) is 0.751. The summed E-state index contributed by atoms with van der Waals surface area (Å²) >= 11 is 5.72. The molecule has 1 atom stereocenters. The van der Waals surface area contributed by atoms with Crippen LogP contribution in [0.5, 0.6) is 0 Å². The van der Waals surface area contributed by atoms with Gasteiger partial charge in [-0.3, -0.25) is 0 Å². The molecule has 19 heavy (non-hydrogen) atoms. The highest BCUT2D eigenvalue weighted by atomic mass is 35.5. The molecule has 1 aromatic heterocycles. The fraction of sp³-hybridized carbons (Fsp3) is 0.417. The molecule has 2 rings (SSSR count). The van der Waals surface area contributed by atoms with Crippen LogP contribution in [0.15, 0.2) is 18.2 Å². The minimum Gasteiger partial charge on any atom is -0.396 e. The van der Waals surface area contributed by atoms with E-state index in [4.69, 9.17) is 16.7 Å². The minimum absolute atomic E-state index is 0.00230. The van der Waals surface area contributed by atoms with Crippen LogP contribution in [0.1, 0.15) is 17.7 Å². The van der Waals surface area contributed by atoms with Gasteiger partial charge in [0.25, 0.3) is 0 Å². The first-order valence-electron chi connectivity index (χ1n) is 5.62. The van der Waals surface area contributed by atoms with Gasteiger partial charge >= 0.3 is 6.18 Å². The average molecular weight is 306 g/mol. The van der Waals surface area contributed by atoms with Gasteiger partial charge in [0, 0.05) is 21.7 Å². The molecule has 0 spiro atoms. The van der Waals surface area contributed by atoms with E-state index >= 15 is 0 Å². The molecule has 2 nitrogen and oxygen atoms in total. The molecule has 1 aliphatic heterocycles. The summed E-state index contributed by atoms with van der Waals surface area (Å²) in [4.78, 5) is 3.34. The number of aliphatic hydroxyl groups is 1. The van der Waals surface area contributed by atoms with E-state index in [1.807, 2.05) is 6.08 Å². The molecule has 2 radical (unpaired) electrons. The Morgan fingerprint density at radius 1 is 1.47 bits per heavy atom. The van der Waals surface area contributed by atoms with Gasteiger partial charge in [0.15, 0.2) is 0 Å². The van der Waals surface area contributed by atoms with E-state index in [9.17, 15) is 13.2 Å². The lowest BCUT2D eigenvalue weighted by molar-refractivity contribution is -0.141. The Labute approximate surface area is 116 Å². The third-order valence-corrected chi connectivity index (χ3v) is 4.97. The lowest BCUT2D eigenvalue weighted by Crippen LogP contribution is -2.08. The van der Waals surface area contributed by atoms with E-state index in [1.165, 1.54) is 6.07 Å². The average Bonchev–Trinajstić information content (AvgIpc) is 3.10. The highest BCUT2D eigenvalue weighted by Gasteiger charge is 2.41. The Morgan fingerprint density at radius 3 is 2.63 bits per heavy atom. The number of pyridine rings is 1. The van der Waals surface area contributed by atoms with Crippen LogP contribution in [0.4, 0.5) is 13.2 Å². The first-order valence-corrected chi connectivity index (χ1v) is 7.21. The second-order valence-electron chi connectivity index (χ2n) is 4.47. The second-order valence-corrected chi connectivity index (χ2v) is 6.60. The number of hydrogen-bond acceptors (Lipinski definition) is 2.